The lowest BCUT2D eigenvalue weighted by molar-refractivity contribution is 0.0498. The van der Waals surface area contributed by atoms with Gasteiger partial charge in [0.15, 0.2) is 0 Å². The molecule has 53 heavy (non-hydrogen) atoms. The number of ether oxygens (including phenoxy) is 1. The zero-order valence-electron chi connectivity index (χ0n) is 31.3. The van der Waals surface area contributed by atoms with Crippen LogP contribution in [0.1, 0.15) is 130 Å². The van der Waals surface area contributed by atoms with E-state index in [-0.39, 0.29) is 11.3 Å². The summed E-state index contributed by atoms with van der Waals surface area (Å²) < 4.78 is 5.64. The molecule has 0 heterocycles. The van der Waals surface area contributed by atoms with Crippen molar-refractivity contribution in [3.8, 4) is 5.75 Å². The fourth-order valence-corrected chi connectivity index (χ4v) is 6.85. The van der Waals surface area contributed by atoms with Gasteiger partial charge in [-0.1, -0.05) is 176 Å². The number of fused-ring (bicyclic) bond motifs is 2. The molecule has 0 saturated heterocycles. The average molecular weight is 714 g/mol. The maximum Gasteiger partial charge on any atom is 0.340 e. The second-order valence-corrected chi connectivity index (χ2v) is 14.0. The highest BCUT2D eigenvalue weighted by atomic mass is 16.5. The Bertz CT molecular complexity index is 1950. The van der Waals surface area contributed by atoms with Gasteiger partial charge in [0, 0.05) is 21.8 Å². The number of benzene rings is 5. The van der Waals surface area contributed by atoms with Gasteiger partial charge in [-0.3, -0.25) is 4.79 Å². The Labute approximate surface area is 314 Å². The van der Waals surface area contributed by atoms with Crippen molar-refractivity contribution in [1.82, 2.24) is 0 Å². The molecule has 0 bridgehead atoms. The number of carbonyl (C=O) groups is 2. The first-order valence-corrected chi connectivity index (χ1v) is 19.8. The second-order valence-electron chi connectivity index (χ2n) is 14.0. The molecule has 0 radical (unpaired) electrons. The van der Waals surface area contributed by atoms with E-state index in [1.807, 2.05) is 54.6 Å². The number of aromatic hydroxyl groups is 1. The lowest BCUT2D eigenvalue weighted by atomic mass is 10.0. The number of phenols is 1. The van der Waals surface area contributed by atoms with Crippen LogP contribution < -0.4 is 5.32 Å². The van der Waals surface area contributed by atoms with Crippen molar-refractivity contribution >= 4 is 50.5 Å². The van der Waals surface area contributed by atoms with Crippen molar-refractivity contribution in [2.24, 2.45) is 10.2 Å². The van der Waals surface area contributed by atoms with Gasteiger partial charge < -0.3 is 15.2 Å². The van der Waals surface area contributed by atoms with E-state index in [0.29, 0.717) is 40.0 Å². The van der Waals surface area contributed by atoms with Gasteiger partial charge >= 0.3 is 5.97 Å². The zero-order chi connectivity index (χ0) is 37.1. The number of rotatable bonds is 22. The van der Waals surface area contributed by atoms with E-state index in [4.69, 9.17) is 4.74 Å². The summed E-state index contributed by atoms with van der Waals surface area (Å²) in [6.45, 7) is 2.63. The van der Waals surface area contributed by atoms with Crippen molar-refractivity contribution in [3.05, 3.63) is 108 Å². The largest absolute Gasteiger partial charge is 0.506 e. The van der Waals surface area contributed by atoms with Crippen LogP contribution in [-0.4, -0.2) is 23.6 Å². The van der Waals surface area contributed by atoms with Gasteiger partial charge in [-0.15, -0.1) is 10.2 Å². The van der Waals surface area contributed by atoms with Gasteiger partial charge in [-0.25, -0.2) is 4.79 Å². The van der Waals surface area contributed by atoms with E-state index in [9.17, 15) is 14.7 Å². The van der Waals surface area contributed by atoms with E-state index in [0.717, 1.165) is 30.0 Å². The fraction of sp³-hybridized carbons (Fsp3) is 0.391. The minimum absolute atomic E-state index is 0.0667. The minimum Gasteiger partial charge on any atom is -0.506 e. The van der Waals surface area contributed by atoms with E-state index in [1.54, 1.807) is 36.4 Å². The molecule has 0 fully saturated rings. The molecule has 2 N–H and O–H groups in total. The van der Waals surface area contributed by atoms with Crippen LogP contribution in [0.25, 0.3) is 21.5 Å². The number of hydrogen-bond acceptors (Lipinski definition) is 6. The van der Waals surface area contributed by atoms with Crippen molar-refractivity contribution in [1.29, 1.82) is 0 Å². The molecule has 0 saturated carbocycles. The number of nitrogens with zero attached hydrogens (tertiary/aromatic N) is 2. The number of unbranched alkanes of at least 4 members (excludes halogenated alkanes) is 15. The lowest BCUT2D eigenvalue weighted by Gasteiger charge is -2.12. The highest BCUT2D eigenvalue weighted by molar-refractivity contribution is 6.14. The predicted octanol–water partition coefficient (Wildman–Crippen LogP) is 13.8. The smallest absolute Gasteiger partial charge is 0.340 e. The first-order chi connectivity index (χ1) is 26.1. The van der Waals surface area contributed by atoms with Crippen LogP contribution >= 0.6 is 0 Å². The van der Waals surface area contributed by atoms with Crippen LogP contribution in [0.2, 0.25) is 0 Å². The molecule has 5 aromatic rings. The monoisotopic (exact) mass is 713 g/mol. The third-order valence-electron chi connectivity index (χ3n) is 9.90. The van der Waals surface area contributed by atoms with E-state index in [2.05, 4.69) is 22.5 Å². The molecule has 0 unspecified atom stereocenters. The van der Waals surface area contributed by atoms with Crippen LogP contribution in [0.15, 0.2) is 107 Å². The second kappa shape index (κ2) is 21.5. The van der Waals surface area contributed by atoms with Gasteiger partial charge in [0.05, 0.1) is 23.4 Å². The van der Waals surface area contributed by atoms with Crippen molar-refractivity contribution < 1.29 is 19.4 Å². The molecular weight excluding hydrogens is 659 g/mol. The van der Waals surface area contributed by atoms with Gasteiger partial charge in [0.2, 0.25) is 0 Å². The summed E-state index contributed by atoms with van der Waals surface area (Å²) in [7, 11) is 0. The lowest BCUT2D eigenvalue weighted by Crippen LogP contribution is -2.12. The molecular formula is C46H55N3O4. The quantitative estimate of drug-likeness (QED) is 0.0423. The number of hydrogen-bond donors (Lipinski definition) is 2. The number of azo groups is 1. The predicted molar refractivity (Wildman–Crippen MR) is 218 cm³/mol. The fourth-order valence-electron chi connectivity index (χ4n) is 6.85. The van der Waals surface area contributed by atoms with Crippen molar-refractivity contribution in [2.75, 3.05) is 11.9 Å². The summed E-state index contributed by atoms with van der Waals surface area (Å²) in [6, 6.07) is 29.1. The van der Waals surface area contributed by atoms with E-state index >= 15 is 0 Å². The topological polar surface area (TPSA) is 100 Å². The zero-order valence-corrected chi connectivity index (χ0v) is 31.3. The normalized spacial score (nSPS) is 11.4. The summed E-state index contributed by atoms with van der Waals surface area (Å²) in [6.07, 6.45) is 20.6. The Kier molecular flexibility index (Phi) is 15.9. The van der Waals surface area contributed by atoms with E-state index < -0.39 is 11.9 Å². The average Bonchev–Trinajstić information content (AvgIpc) is 3.19. The third kappa shape index (κ3) is 11.7. The maximum atomic E-state index is 13.6. The molecule has 5 rings (SSSR count). The molecule has 0 aliphatic carbocycles. The van der Waals surface area contributed by atoms with Gasteiger partial charge in [0.25, 0.3) is 5.91 Å². The summed E-state index contributed by atoms with van der Waals surface area (Å²) in [5.74, 6) is -1.05. The molecule has 0 spiro atoms. The number of phenolic OH excluding ortho intramolecular Hbond substituents is 1. The van der Waals surface area contributed by atoms with Crippen LogP contribution in [0, 0.1) is 0 Å². The number of esters is 1. The molecule has 0 aromatic heterocycles. The van der Waals surface area contributed by atoms with Crippen LogP contribution in [0.3, 0.4) is 0 Å². The molecule has 0 atom stereocenters. The molecule has 1 amide bonds. The summed E-state index contributed by atoms with van der Waals surface area (Å²) >= 11 is 0. The Morgan fingerprint density at radius 1 is 0.566 bits per heavy atom. The van der Waals surface area contributed by atoms with Gasteiger partial charge in [-0.2, -0.15) is 0 Å². The SMILES string of the molecule is CCCCCCCCCCCCCCCCCCOC(=O)c1ccccc1N=Nc1cc(C(=O)Nc2cccc3ccccc23)c(O)c2ccccc12. The molecule has 278 valence electrons. The highest BCUT2D eigenvalue weighted by Gasteiger charge is 2.19. The van der Waals surface area contributed by atoms with Crippen LogP contribution in [0.4, 0.5) is 17.1 Å². The number of nitrogens with one attached hydrogen (secondary N) is 1. The summed E-state index contributed by atoms with van der Waals surface area (Å²) in [5, 5.41) is 26.1. The van der Waals surface area contributed by atoms with Crippen molar-refractivity contribution in [2.45, 2.75) is 110 Å². The molecule has 7 nitrogen and oxygen atoms in total. The molecule has 7 heteroatoms. The Hall–Kier alpha value is -5.04. The van der Waals surface area contributed by atoms with Crippen LogP contribution in [-0.2, 0) is 4.74 Å². The summed E-state index contributed by atoms with van der Waals surface area (Å²) in [5.41, 5.74) is 1.78. The molecule has 0 aliphatic rings. The summed E-state index contributed by atoms with van der Waals surface area (Å²) in [4.78, 5) is 26.7. The van der Waals surface area contributed by atoms with Gasteiger partial charge in [-0.05, 0) is 36.1 Å². The van der Waals surface area contributed by atoms with Crippen LogP contribution in [0.5, 0.6) is 5.75 Å². The minimum atomic E-state index is -0.473. The third-order valence-corrected chi connectivity index (χ3v) is 9.90. The Morgan fingerprint density at radius 3 is 1.77 bits per heavy atom. The Balaban J connectivity index is 1.11. The number of amides is 1. The number of anilines is 1. The molecule has 5 aromatic carbocycles. The first kappa shape index (κ1) is 39.2. The standard InChI is InChI=1S/C46H55N3O4/c1-2-3-4-5-6-7-8-9-10-11-12-13-14-15-16-23-33-53-46(52)39-30-21-22-31-42(39)48-49-43-34-40(44(50)38-29-20-19-28-37(38)43)45(51)47-41-32-24-26-35-25-17-18-27-36(35)41/h17-22,24-32,34,50H,2-16,23,33H2,1H3,(H,47,51). The Morgan fingerprint density at radius 2 is 1.09 bits per heavy atom. The highest BCUT2D eigenvalue weighted by Crippen LogP contribution is 2.38. The van der Waals surface area contributed by atoms with E-state index in [1.165, 1.54) is 89.5 Å². The first-order valence-electron chi connectivity index (χ1n) is 19.8. The van der Waals surface area contributed by atoms with Gasteiger partial charge in [0.1, 0.15) is 11.4 Å². The molecule has 0 aliphatic heterocycles. The number of carbonyl (C=O) groups excluding carboxylic acids is 2. The maximum absolute atomic E-state index is 13.6. The van der Waals surface area contributed by atoms with Crippen molar-refractivity contribution in [3.63, 3.8) is 0 Å².